The number of rotatable bonds is 3. The van der Waals surface area contributed by atoms with E-state index in [0.29, 0.717) is 33.6 Å². The molecule has 2 rings (SSSR count). The Balaban J connectivity index is 2.80. The van der Waals surface area contributed by atoms with E-state index in [9.17, 15) is 4.79 Å². The fourth-order valence-corrected chi connectivity index (χ4v) is 1.79. The molecule has 0 radical (unpaired) electrons. The molecule has 0 saturated heterocycles. The molecule has 0 fully saturated rings. The monoisotopic (exact) mass is 254 g/mol. The van der Waals surface area contributed by atoms with Gasteiger partial charge in [-0.2, -0.15) is 0 Å². The fourth-order valence-electron chi connectivity index (χ4n) is 1.79. The number of nitrogens with two attached hydrogens (primary N) is 1. The van der Waals surface area contributed by atoms with Gasteiger partial charge >= 0.3 is 0 Å². The Morgan fingerprint density at radius 1 is 1.37 bits per heavy atom. The van der Waals surface area contributed by atoms with Gasteiger partial charge in [0, 0.05) is 0 Å². The summed E-state index contributed by atoms with van der Waals surface area (Å²) < 4.78 is 0. The van der Waals surface area contributed by atoms with E-state index in [1.807, 2.05) is 26.0 Å². The number of allylic oxidation sites excluding steroid dienone is 3. The topological polar surface area (TPSA) is 81.8 Å². The van der Waals surface area contributed by atoms with Crippen LogP contribution in [-0.4, -0.2) is 20.9 Å². The van der Waals surface area contributed by atoms with Crippen molar-refractivity contribution in [1.82, 2.24) is 15.0 Å². The first-order valence-electron chi connectivity index (χ1n) is 5.78. The molecular formula is C14H14N4O. The predicted molar refractivity (Wildman–Crippen MR) is 74.4 cm³/mol. The van der Waals surface area contributed by atoms with Gasteiger partial charge in [0.15, 0.2) is 0 Å². The molecule has 0 aromatic carbocycles. The largest absolute Gasteiger partial charge is 0.366 e. The summed E-state index contributed by atoms with van der Waals surface area (Å²) in [5.41, 5.74) is 8.76. The number of hydrogen-bond acceptors (Lipinski definition) is 4. The van der Waals surface area contributed by atoms with Crippen molar-refractivity contribution in [2.75, 3.05) is 0 Å². The molecule has 0 atom stereocenters. The van der Waals surface area contributed by atoms with Gasteiger partial charge in [-0.15, -0.1) is 0 Å². The maximum absolute atomic E-state index is 11.5. The highest BCUT2D eigenvalue weighted by Crippen LogP contribution is 2.21. The van der Waals surface area contributed by atoms with Crippen molar-refractivity contribution in [2.24, 2.45) is 5.73 Å². The zero-order valence-electron chi connectivity index (χ0n) is 10.8. The molecule has 0 aliphatic carbocycles. The Hall–Kier alpha value is -2.56. The second-order valence-electron chi connectivity index (χ2n) is 4.10. The van der Waals surface area contributed by atoms with Crippen LogP contribution in [0.1, 0.15) is 28.7 Å². The first-order chi connectivity index (χ1) is 9.04. The Morgan fingerprint density at radius 2 is 2.11 bits per heavy atom. The van der Waals surface area contributed by atoms with Crippen molar-refractivity contribution in [3.63, 3.8) is 0 Å². The van der Waals surface area contributed by atoms with Crippen LogP contribution >= 0.6 is 0 Å². The van der Waals surface area contributed by atoms with Crippen LogP contribution in [0, 0.1) is 6.92 Å². The summed E-state index contributed by atoms with van der Waals surface area (Å²) in [6, 6.07) is 1.61. The average Bonchev–Trinajstić information content (AvgIpc) is 2.38. The summed E-state index contributed by atoms with van der Waals surface area (Å²) in [6.07, 6.45) is 5.07. The fraction of sp³-hybridized carbons (Fsp3) is 0.143. The summed E-state index contributed by atoms with van der Waals surface area (Å²) in [5, 5.41) is 0. The minimum Gasteiger partial charge on any atom is -0.366 e. The van der Waals surface area contributed by atoms with E-state index in [1.54, 1.807) is 6.07 Å². The Labute approximate surface area is 110 Å². The molecule has 19 heavy (non-hydrogen) atoms. The van der Waals surface area contributed by atoms with Crippen molar-refractivity contribution < 1.29 is 4.79 Å². The number of aromatic nitrogens is 3. The maximum atomic E-state index is 11.5. The number of carbonyl (C=O) groups excluding carboxylic acids is 1. The summed E-state index contributed by atoms with van der Waals surface area (Å²) in [5.74, 6) is -0.542. The van der Waals surface area contributed by atoms with Crippen LogP contribution in [0.3, 0.4) is 0 Å². The second kappa shape index (κ2) is 4.97. The third-order valence-electron chi connectivity index (χ3n) is 2.74. The van der Waals surface area contributed by atoms with E-state index in [0.717, 1.165) is 0 Å². The summed E-state index contributed by atoms with van der Waals surface area (Å²) in [4.78, 5) is 24.2. The molecule has 2 aromatic rings. The molecule has 5 heteroatoms. The minimum absolute atomic E-state index is 0.330. The molecule has 2 heterocycles. The second-order valence-corrected chi connectivity index (χ2v) is 4.10. The quantitative estimate of drug-likeness (QED) is 0.849. The zero-order valence-corrected chi connectivity index (χ0v) is 10.8. The van der Waals surface area contributed by atoms with E-state index in [2.05, 4.69) is 21.5 Å². The lowest BCUT2D eigenvalue weighted by molar-refractivity contribution is 0.100. The normalized spacial score (nSPS) is 11.1. The lowest BCUT2D eigenvalue weighted by Gasteiger charge is -2.07. The smallest absolute Gasteiger partial charge is 0.251 e. The lowest BCUT2D eigenvalue weighted by atomic mass is 10.1. The van der Waals surface area contributed by atoms with Crippen molar-refractivity contribution in [1.29, 1.82) is 0 Å². The maximum Gasteiger partial charge on any atom is 0.251 e. The van der Waals surface area contributed by atoms with E-state index in [4.69, 9.17) is 5.73 Å². The summed E-state index contributed by atoms with van der Waals surface area (Å²) >= 11 is 0. The van der Waals surface area contributed by atoms with Gasteiger partial charge in [-0.1, -0.05) is 18.7 Å². The van der Waals surface area contributed by atoms with E-state index in [1.165, 1.54) is 6.33 Å². The number of pyridine rings is 1. The molecular weight excluding hydrogens is 240 g/mol. The molecule has 0 bridgehead atoms. The number of primary amides is 1. The van der Waals surface area contributed by atoms with Crippen molar-refractivity contribution in [3.05, 3.63) is 48.1 Å². The molecule has 0 saturated carbocycles. The van der Waals surface area contributed by atoms with Gasteiger partial charge in [0.1, 0.15) is 17.4 Å². The van der Waals surface area contributed by atoms with Crippen molar-refractivity contribution >= 4 is 22.5 Å². The molecule has 2 aromatic heterocycles. The standard InChI is InChI=1S/C14H14N4O/c1-4-5-8(2)11-6-10(14(15)19)13-12(18-11)9(3)16-7-17-13/h4-7H,2H2,1,3H3,(H2,15,19)/b5-4-. The van der Waals surface area contributed by atoms with Gasteiger partial charge in [-0.05, 0) is 25.5 Å². The zero-order chi connectivity index (χ0) is 14.0. The van der Waals surface area contributed by atoms with Gasteiger partial charge in [-0.3, -0.25) is 4.79 Å². The van der Waals surface area contributed by atoms with Crippen molar-refractivity contribution in [2.45, 2.75) is 13.8 Å². The molecule has 0 aliphatic heterocycles. The molecule has 96 valence electrons. The van der Waals surface area contributed by atoms with Crippen LogP contribution in [0.4, 0.5) is 0 Å². The van der Waals surface area contributed by atoms with Crippen molar-refractivity contribution in [3.8, 4) is 0 Å². The third kappa shape index (κ3) is 2.35. The molecule has 1 amide bonds. The SMILES string of the molecule is C=C(/C=C\C)c1cc(C(N)=O)c2ncnc(C)c2n1. The molecule has 0 spiro atoms. The third-order valence-corrected chi connectivity index (χ3v) is 2.74. The molecule has 0 unspecified atom stereocenters. The van der Waals surface area contributed by atoms with E-state index < -0.39 is 5.91 Å². The number of carbonyl (C=O) groups is 1. The van der Waals surface area contributed by atoms with Gasteiger partial charge in [0.05, 0.1) is 17.0 Å². The number of aryl methyl sites for hydroxylation is 1. The van der Waals surface area contributed by atoms with Gasteiger partial charge in [0.2, 0.25) is 0 Å². The Kier molecular flexibility index (Phi) is 3.37. The van der Waals surface area contributed by atoms with Crippen LogP contribution in [0.15, 0.2) is 31.1 Å². The highest BCUT2D eigenvalue weighted by atomic mass is 16.1. The van der Waals surface area contributed by atoms with Gasteiger partial charge in [-0.25, -0.2) is 15.0 Å². The molecule has 2 N–H and O–H groups in total. The van der Waals surface area contributed by atoms with E-state index >= 15 is 0 Å². The highest BCUT2D eigenvalue weighted by Gasteiger charge is 2.14. The van der Waals surface area contributed by atoms with Gasteiger partial charge in [0.25, 0.3) is 5.91 Å². The Bertz CT molecular complexity index is 704. The predicted octanol–water partition coefficient (Wildman–Crippen LogP) is 2.02. The lowest BCUT2D eigenvalue weighted by Crippen LogP contribution is -2.13. The summed E-state index contributed by atoms with van der Waals surface area (Å²) in [7, 11) is 0. The number of hydrogen-bond donors (Lipinski definition) is 1. The van der Waals surface area contributed by atoms with E-state index in [-0.39, 0.29) is 0 Å². The van der Waals surface area contributed by atoms with Crippen LogP contribution in [0.25, 0.3) is 16.6 Å². The minimum atomic E-state index is -0.542. The summed E-state index contributed by atoms with van der Waals surface area (Å²) in [6.45, 7) is 7.60. The highest BCUT2D eigenvalue weighted by molar-refractivity contribution is 6.04. The average molecular weight is 254 g/mol. The van der Waals surface area contributed by atoms with Crippen LogP contribution in [0.2, 0.25) is 0 Å². The van der Waals surface area contributed by atoms with Crippen LogP contribution < -0.4 is 5.73 Å². The Morgan fingerprint density at radius 3 is 2.74 bits per heavy atom. The molecule has 0 aliphatic rings. The number of fused-ring (bicyclic) bond motifs is 1. The van der Waals surface area contributed by atoms with Crippen LogP contribution in [-0.2, 0) is 0 Å². The first kappa shape index (κ1) is 12.9. The number of amides is 1. The van der Waals surface area contributed by atoms with Gasteiger partial charge < -0.3 is 5.73 Å². The van der Waals surface area contributed by atoms with Crippen LogP contribution in [0.5, 0.6) is 0 Å². The first-order valence-corrected chi connectivity index (χ1v) is 5.78. The molecule has 5 nitrogen and oxygen atoms in total. The number of nitrogens with zero attached hydrogens (tertiary/aromatic N) is 3.